The van der Waals surface area contributed by atoms with E-state index in [1.807, 2.05) is 0 Å². The monoisotopic (exact) mass is 1160 g/mol. The molecule has 5 atom stereocenters. The van der Waals surface area contributed by atoms with Crippen molar-refractivity contribution >= 4 is 39.5 Å². The number of carbonyl (C=O) groups is 4. The summed E-state index contributed by atoms with van der Waals surface area (Å²) in [6.07, 6.45) is 34.9. The van der Waals surface area contributed by atoms with Crippen molar-refractivity contribution in [2.24, 2.45) is 5.92 Å². The van der Waals surface area contributed by atoms with Gasteiger partial charge in [-0.25, -0.2) is 9.13 Å². The average molecular weight is 1160 g/mol. The standard InChI is InChI=1S/C59H114O17P2/c1-6-9-12-15-18-20-24-28-33-38-43-57(62)70-49-55(76-59(64)45-40-35-30-25-21-23-27-31-36-41-52(4)5)51-74-78(67,68)72-47-53(60)46-71-77(65,66)73-50-54(48-69-56(61)42-37-32-26-17-14-11-8-3)75-58(63)44-39-34-29-22-19-16-13-10-7-2/h52-55,60H,6-51H2,1-5H3,(H,65,66)(H,67,68)/t53-,54+,55+/m0/s1. The van der Waals surface area contributed by atoms with Crippen molar-refractivity contribution in [3.05, 3.63) is 0 Å². The lowest BCUT2D eigenvalue weighted by molar-refractivity contribution is -0.161. The molecule has 0 rings (SSSR count). The first-order valence-corrected chi connectivity index (χ1v) is 34.1. The maximum absolute atomic E-state index is 12.9. The van der Waals surface area contributed by atoms with Crippen LogP contribution in [0.1, 0.15) is 291 Å². The lowest BCUT2D eigenvalue weighted by atomic mass is 10.0. The highest BCUT2D eigenvalue weighted by molar-refractivity contribution is 7.47. The zero-order valence-corrected chi connectivity index (χ0v) is 51.6. The Morgan fingerprint density at radius 2 is 0.590 bits per heavy atom. The van der Waals surface area contributed by atoms with Crippen LogP contribution < -0.4 is 0 Å². The van der Waals surface area contributed by atoms with E-state index in [9.17, 15) is 43.2 Å². The first-order chi connectivity index (χ1) is 37.5. The Kier molecular flexibility index (Phi) is 51.8. The molecule has 0 aliphatic heterocycles. The van der Waals surface area contributed by atoms with Crippen molar-refractivity contribution in [3.63, 3.8) is 0 Å². The summed E-state index contributed by atoms with van der Waals surface area (Å²) < 4.78 is 67.6. The molecule has 462 valence electrons. The molecule has 2 unspecified atom stereocenters. The Balaban J connectivity index is 5.21. The Morgan fingerprint density at radius 1 is 0.346 bits per heavy atom. The molecule has 0 aliphatic carbocycles. The molecule has 78 heavy (non-hydrogen) atoms. The molecule has 0 aromatic heterocycles. The lowest BCUT2D eigenvalue weighted by Gasteiger charge is -2.21. The van der Waals surface area contributed by atoms with E-state index in [0.29, 0.717) is 25.7 Å². The predicted molar refractivity (Wildman–Crippen MR) is 308 cm³/mol. The number of carbonyl (C=O) groups excluding carboxylic acids is 4. The van der Waals surface area contributed by atoms with Gasteiger partial charge in [0, 0.05) is 25.7 Å². The maximum Gasteiger partial charge on any atom is 0.472 e. The zero-order chi connectivity index (χ0) is 57.8. The third-order valence-corrected chi connectivity index (χ3v) is 15.4. The molecule has 0 heterocycles. The number of aliphatic hydroxyl groups excluding tert-OH is 1. The molecular formula is C59H114O17P2. The summed E-state index contributed by atoms with van der Waals surface area (Å²) in [6, 6.07) is 0. The number of rotatable bonds is 59. The first kappa shape index (κ1) is 76.1. The molecule has 0 bridgehead atoms. The van der Waals surface area contributed by atoms with Crippen LogP contribution in [0.2, 0.25) is 0 Å². The fourth-order valence-corrected chi connectivity index (χ4v) is 10.3. The number of ether oxygens (including phenoxy) is 4. The Morgan fingerprint density at radius 3 is 0.872 bits per heavy atom. The van der Waals surface area contributed by atoms with E-state index in [-0.39, 0.29) is 25.7 Å². The van der Waals surface area contributed by atoms with E-state index in [2.05, 4.69) is 34.6 Å². The van der Waals surface area contributed by atoms with Crippen molar-refractivity contribution in [2.75, 3.05) is 39.6 Å². The van der Waals surface area contributed by atoms with Gasteiger partial charge in [0.25, 0.3) is 0 Å². The molecule has 0 saturated heterocycles. The SMILES string of the molecule is CCCCCCCCCCCCC(=O)OC[C@H](COP(=O)(O)OC[C@@H](O)COP(=O)(O)OC[C@@H](COC(=O)CCCCCCCCC)OC(=O)CCCCCCCCCCC)OC(=O)CCCCCCCCCCCC(C)C. The maximum atomic E-state index is 12.9. The van der Waals surface area contributed by atoms with Crippen LogP contribution in [-0.2, 0) is 65.4 Å². The van der Waals surface area contributed by atoms with E-state index in [4.69, 9.17) is 37.0 Å². The molecule has 0 saturated carbocycles. The number of unbranched alkanes of at least 4 members (excludes halogenated alkanes) is 31. The van der Waals surface area contributed by atoms with E-state index in [0.717, 1.165) is 109 Å². The van der Waals surface area contributed by atoms with Gasteiger partial charge in [-0.1, -0.05) is 240 Å². The molecular weight excluding hydrogens is 1040 g/mol. The molecule has 0 aromatic carbocycles. The van der Waals surface area contributed by atoms with Crippen molar-refractivity contribution in [1.29, 1.82) is 0 Å². The average Bonchev–Trinajstić information content (AvgIpc) is 3.40. The van der Waals surface area contributed by atoms with E-state index < -0.39 is 97.5 Å². The zero-order valence-electron chi connectivity index (χ0n) is 49.8. The summed E-state index contributed by atoms with van der Waals surface area (Å²) in [4.78, 5) is 71.8. The molecule has 0 spiro atoms. The number of phosphoric acid groups is 2. The van der Waals surface area contributed by atoms with Gasteiger partial charge in [-0.05, 0) is 31.6 Å². The second kappa shape index (κ2) is 53.1. The van der Waals surface area contributed by atoms with Gasteiger partial charge in [0.2, 0.25) is 0 Å². The summed E-state index contributed by atoms with van der Waals surface area (Å²) in [5, 5.41) is 10.5. The van der Waals surface area contributed by atoms with Crippen LogP contribution in [0.15, 0.2) is 0 Å². The summed E-state index contributed by atoms with van der Waals surface area (Å²) in [5.74, 6) is -1.41. The van der Waals surface area contributed by atoms with Gasteiger partial charge in [-0.3, -0.25) is 37.3 Å². The first-order valence-electron chi connectivity index (χ1n) is 31.1. The predicted octanol–water partition coefficient (Wildman–Crippen LogP) is 15.8. The summed E-state index contributed by atoms with van der Waals surface area (Å²) in [5.41, 5.74) is 0. The lowest BCUT2D eigenvalue weighted by Crippen LogP contribution is -2.30. The quantitative estimate of drug-likeness (QED) is 0.0222. The van der Waals surface area contributed by atoms with Gasteiger partial charge in [0.1, 0.15) is 19.3 Å². The highest BCUT2D eigenvalue weighted by atomic mass is 31.2. The largest absolute Gasteiger partial charge is 0.472 e. The van der Waals surface area contributed by atoms with Gasteiger partial charge in [0.15, 0.2) is 12.2 Å². The minimum atomic E-state index is -4.94. The highest BCUT2D eigenvalue weighted by Gasteiger charge is 2.30. The molecule has 19 heteroatoms. The van der Waals surface area contributed by atoms with E-state index in [1.54, 1.807) is 0 Å². The fraction of sp³-hybridized carbons (Fsp3) is 0.932. The minimum absolute atomic E-state index is 0.105. The molecule has 0 aliphatic rings. The van der Waals surface area contributed by atoms with Crippen LogP contribution in [0.4, 0.5) is 0 Å². The highest BCUT2D eigenvalue weighted by Crippen LogP contribution is 2.45. The Labute approximate surface area is 473 Å². The Bertz CT molecular complexity index is 1530. The topological polar surface area (TPSA) is 237 Å². The second-order valence-corrected chi connectivity index (χ2v) is 24.8. The van der Waals surface area contributed by atoms with Gasteiger partial charge >= 0.3 is 39.5 Å². The van der Waals surface area contributed by atoms with Gasteiger partial charge in [0.05, 0.1) is 26.4 Å². The van der Waals surface area contributed by atoms with Crippen molar-refractivity contribution in [3.8, 4) is 0 Å². The van der Waals surface area contributed by atoms with E-state index >= 15 is 0 Å². The number of hydrogen-bond donors (Lipinski definition) is 3. The fourth-order valence-electron chi connectivity index (χ4n) is 8.70. The molecule has 0 fully saturated rings. The number of esters is 4. The molecule has 0 aromatic rings. The van der Waals surface area contributed by atoms with Crippen molar-refractivity contribution in [1.82, 2.24) is 0 Å². The van der Waals surface area contributed by atoms with Gasteiger partial charge in [-0.2, -0.15) is 0 Å². The summed E-state index contributed by atoms with van der Waals surface area (Å²) >= 11 is 0. The third-order valence-electron chi connectivity index (χ3n) is 13.5. The minimum Gasteiger partial charge on any atom is -0.462 e. The molecule has 0 amide bonds. The number of hydrogen-bond acceptors (Lipinski definition) is 15. The van der Waals surface area contributed by atoms with E-state index in [1.165, 1.54) is 103 Å². The Hall–Kier alpha value is -1.94. The molecule has 17 nitrogen and oxygen atoms in total. The second-order valence-electron chi connectivity index (χ2n) is 21.9. The van der Waals surface area contributed by atoms with Gasteiger partial charge < -0.3 is 33.8 Å². The van der Waals surface area contributed by atoms with Crippen molar-refractivity contribution < 1.29 is 80.2 Å². The van der Waals surface area contributed by atoms with Crippen LogP contribution in [0.5, 0.6) is 0 Å². The smallest absolute Gasteiger partial charge is 0.462 e. The third kappa shape index (κ3) is 53.4. The van der Waals surface area contributed by atoms with Crippen LogP contribution in [0.3, 0.4) is 0 Å². The molecule has 3 N–H and O–H groups in total. The molecule has 0 radical (unpaired) electrons. The van der Waals surface area contributed by atoms with Crippen LogP contribution in [0, 0.1) is 5.92 Å². The van der Waals surface area contributed by atoms with Gasteiger partial charge in [-0.15, -0.1) is 0 Å². The van der Waals surface area contributed by atoms with Crippen LogP contribution in [-0.4, -0.2) is 96.7 Å². The van der Waals surface area contributed by atoms with Crippen LogP contribution >= 0.6 is 15.6 Å². The van der Waals surface area contributed by atoms with Crippen LogP contribution in [0.25, 0.3) is 0 Å². The summed E-state index contributed by atoms with van der Waals surface area (Å²) in [6.45, 7) is 7.07. The summed E-state index contributed by atoms with van der Waals surface area (Å²) in [7, 11) is -9.87. The van der Waals surface area contributed by atoms with Crippen molar-refractivity contribution in [2.45, 2.75) is 310 Å². The number of phosphoric ester groups is 2. The number of aliphatic hydroxyl groups is 1. The normalized spacial score (nSPS) is 14.4.